The first-order chi connectivity index (χ1) is 5.85. The SMILES string of the molecule is C=C(C)C.C[N+](C)(C#P=O)CCO. The third-order valence-electron chi connectivity index (χ3n) is 0.971. The summed E-state index contributed by atoms with van der Waals surface area (Å²) in [6, 6.07) is 0. The number of allylic oxidation sites excluding steroid dienone is 1. The molecule has 13 heavy (non-hydrogen) atoms. The predicted octanol–water partition coefficient (Wildman–Crippen LogP) is 1.85. The van der Waals surface area contributed by atoms with Gasteiger partial charge in [0.05, 0.1) is 0 Å². The van der Waals surface area contributed by atoms with Crippen LogP contribution in [0.2, 0.25) is 0 Å². The molecule has 0 spiro atoms. The van der Waals surface area contributed by atoms with E-state index in [9.17, 15) is 4.57 Å². The fraction of sp³-hybridized carbons (Fsp3) is 0.667. The Hall–Kier alpha value is -0.330. The molecule has 3 nitrogen and oxygen atoms in total. The van der Waals surface area contributed by atoms with E-state index in [0.29, 0.717) is 11.0 Å². The average Bonchev–Trinajstić information content (AvgIpc) is 1.84. The molecule has 0 aromatic rings. The van der Waals surface area contributed by atoms with Crippen molar-refractivity contribution in [3.05, 3.63) is 12.2 Å². The summed E-state index contributed by atoms with van der Waals surface area (Å²) < 4.78 is 10.3. The topological polar surface area (TPSA) is 37.3 Å². The zero-order valence-electron chi connectivity index (χ0n) is 8.87. The van der Waals surface area contributed by atoms with Crippen LogP contribution in [0.4, 0.5) is 0 Å². The van der Waals surface area contributed by atoms with E-state index in [4.69, 9.17) is 5.11 Å². The van der Waals surface area contributed by atoms with Gasteiger partial charge in [-0.15, -0.1) is 6.58 Å². The molecule has 0 heterocycles. The van der Waals surface area contributed by atoms with Crippen molar-refractivity contribution in [1.82, 2.24) is 0 Å². The number of quaternary nitrogens is 1. The Morgan fingerprint density at radius 2 is 1.92 bits per heavy atom. The molecule has 0 saturated heterocycles. The average molecular weight is 204 g/mol. The molecule has 0 aliphatic rings. The fourth-order valence-corrected chi connectivity index (χ4v) is 0.732. The molecule has 0 radical (unpaired) electrons. The van der Waals surface area contributed by atoms with Gasteiger partial charge in [0.15, 0.2) is 0 Å². The van der Waals surface area contributed by atoms with E-state index in [2.05, 4.69) is 12.3 Å². The second-order valence-corrected chi connectivity index (χ2v) is 3.91. The summed E-state index contributed by atoms with van der Waals surface area (Å²) in [4.78, 5) is 0. The Kier molecular flexibility index (Phi) is 9.65. The van der Waals surface area contributed by atoms with Gasteiger partial charge in [-0.05, 0) is 13.8 Å². The van der Waals surface area contributed by atoms with Crippen LogP contribution in [-0.2, 0) is 4.57 Å². The normalized spacial score (nSPS) is 9.31. The maximum absolute atomic E-state index is 9.98. The minimum atomic E-state index is -0.105. The number of aliphatic hydroxyl groups excluding tert-OH is 1. The van der Waals surface area contributed by atoms with Crippen LogP contribution >= 0.6 is 7.92 Å². The van der Waals surface area contributed by atoms with E-state index < -0.39 is 0 Å². The Labute approximate surface area is 81.8 Å². The standard InChI is InChI=1S/C5H11NO2P.C4H8/c1-6(2,3-4-7)5-9-8;1-4(2)3/h7H,3-4H2,1-2H3;1H2,2-3H3/q+1;. The van der Waals surface area contributed by atoms with Crippen molar-refractivity contribution in [3.8, 4) is 5.75 Å². The van der Waals surface area contributed by atoms with E-state index in [0.717, 1.165) is 0 Å². The quantitative estimate of drug-likeness (QED) is 0.423. The molecule has 0 amide bonds. The van der Waals surface area contributed by atoms with Crippen LogP contribution in [0.25, 0.3) is 0 Å². The monoisotopic (exact) mass is 204 g/mol. The first-order valence-corrected chi connectivity index (χ1v) is 4.82. The molecular formula is C9H19NO2P+. The predicted molar refractivity (Wildman–Crippen MR) is 56.0 cm³/mol. The summed E-state index contributed by atoms with van der Waals surface area (Å²) in [5.41, 5.74) is 1.17. The van der Waals surface area contributed by atoms with Gasteiger partial charge in [0.25, 0.3) is 0 Å². The second-order valence-electron chi connectivity index (χ2n) is 3.53. The molecule has 76 valence electrons. The number of rotatable bonds is 2. The van der Waals surface area contributed by atoms with E-state index in [1.165, 1.54) is 5.57 Å². The van der Waals surface area contributed by atoms with E-state index in [1.54, 1.807) is 0 Å². The van der Waals surface area contributed by atoms with E-state index in [-0.39, 0.29) is 14.5 Å². The molecule has 0 aromatic carbocycles. The Bertz CT molecular complexity index is 237. The fourth-order valence-electron chi connectivity index (χ4n) is 0.411. The number of aliphatic hydroxyl groups is 1. The summed E-state index contributed by atoms with van der Waals surface area (Å²) in [5.74, 6) is 2.62. The van der Waals surface area contributed by atoms with Gasteiger partial charge in [-0.25, -0.2) is 0 Å². The summed E-state index contributed by atoms with van der Waals surface area (Å²) in [5, 5.41) is 8.47. The van der Waals surface area contributed by atoms with Gasteiger partial charge < -0.3 is 0 Å². The first-order valence-electron chi connectivity index (χ1n) is 4.01. The maximum atomic E-state index is 9.98. The molecule has 0 fully saturated rings. The van der Waals surface area contributed by atoms with Crippen LogP contribution < -0.4 is 0 Å². The van der Waals surface area contributed by atoms with Crippen LogP contribution in [0, 0.1) is 5.75 Å². The molecule has 0 aromatic heterocycles. The van der Waals surface area contributed by atoms with Crippen LogP contribution in [0.5, 0.6) is 0 Å². The molecule has 0 bridgehead atoms. The van der Waals surface area contributed by atoms with Crippen LogP contribution in [0.15, 0.2) is 12.2 Å². The molecular weight excluding hydrogens is 185 g/mol. The van der Waals surface area contributed by atoms with Gasteiger partial charge >= 0.3 is 55.1 Å². The Morgan fingerprint density at radius 3 is 2.15 bits per heavy atom. The molecule has 0 aliphatic carbocycles. The van der Waals surface area contributed by atoms with Gasteiger partial charge in [0.2, 0.25) is 0 Å². The zero-order valence-corrected chi connectivity index (χ0v) is 9.77. The summed E-state index contributed by atoms with van der Waals surface area (Å²) in [6.07, 6.45) is 0. The number of likely N-dealkylation sites (N-methyl/N-ethyl adjacent to an activating group) is 1. The number of nitrogens with zero attached hydrogens (tertiary/aromatic N) is 1. The van der Waals surface area contributed by atoms with Crippen molar-refractivity contribution in [3.63, 3.8) is 0 Å². The third kappa shape index (κ3) is 18.5. The van der Waals surface area contributed by atoms with Gasteiger partial charge in [-0.3, -0.25) is 0 Å². The van der Waals surface area contributed by atoms with Gasteiger partial charge in [0.1, 0.15) is 0 Å². The number of hydrogen-bond donors (Lipinski definition) is 1. The van der Waals surface area contributed by atoms with Gasteiger partial charge in [-0.1, -0.05) is 5.57 Å². The zero-order chi connectivity index (χ0) is 10.9. The summed E-state index contributed by atoms with van der Waals surface area (Å²) in [6.45, 7) is 8.14. The van der Waals surface area contributed by atoms with Crippen LogP contribution in [-0.4, -0.2) is 36.8 Å². The minimum absolute atomic E-state index is 0.0928. The molecule has 4 heteroatoms. The molecule has 0 unspecified atom stereocenters. The summed E-state index contributed by atoms with van der Waals surface area (Å²) >= 11 is 0. The van der Waals surface area contributed by atoms with Gasteiger partial charge in [0, 0.05) is 0 Å². The molecule has 1 N–H and O–H groups in total. The van der Waals surface area contributed by atoms with Crippen molar-refractivity contribution in [2.75, 3.05) is 27.2 Å². The Morgan fingerprint density at radius 1 is 1.54 bits per heavy atom. The molecule has 0 aliphatic heterocycles. The molecule has 0 rings (SSSR count). The first kappa shape index (κ1) is 15.2. The molecule has 0 saturated carbocycles. The van der Waals surface area contributed by atoms with Crippen molar-refractivity contribution < 1.29 is 14.2 Å². The molecule has 0 atom stereocenters. The van der Waals surface area contributed by atoms with Crippen molar-refractivity contribution in [2.24, 2.45) is 0 Å². The van der Waals surface area contributed by atoms with Crippen molar-refractivity contribution in [2.45, 2.75) is 13.8 Å². The third-order valence-corrected chi connectivity index (χ3v) is 1.59. The second kappa shape index (κ2) is 8.28. The number of hydrogen-bond acceptors (Lipinski definition) is 2. The van der Waals surface area contributed by atoms with Crippen molar-refractivity contribution in [1.29, 1.82) is 0 Å². The van der Waals surface area contributed by atoms with Crippen molar-refractivity contribution >= 4 is 7.92 Å². The van der Waals surface area contributed by atoms with Crippen LogP contribution in [0.3, 0.4) is 0 Å². The Balaban J connectivity index is 0. The van der Waals surface area contributed by atoms with E-state index in [1.807, 2.05) is 27.9 Å². The van der Waals surface area contributed by atoms with Crippen LogP contribution in [0.1, 0.15) is 13.8 Å². The summed E-state index contributed by atoms with van der Waals surface area (Å²) in [7, 11) is 3.54. The van der Waals surface area contributed by atoms with Gasteiger partial charge in [-0.2, -0.15) is 0 Å². The van der Waals surface area contributed by atoms with E-state index >= 15 is 0 Å².